The molecule has 0 fully saturated rings. The summed E-state index contributed by atoms with van der Waals surface area (Å²) >= 11 is 0. The highest BCUT2D eigenvalue weighted by Gasteiger charge is 2.21. The van der Waals surface area contributed by atoms with E-state index in [-0.39, 0.29) is 17.7 Å². The second-order valence-electron chi connectivity index (χ2n) is 7.93. The first kappa shape index (κ1) is 21.4. The van der Waals surface area contributed by atoms with E-state index in [1.807, 2.05) is 30.3 Å². The Morgan fingerprint density at radius 3 is 2.71 bits per heavy atom. The quantitative estimate of drug-likeness (QED) is 0.390. The lowest BCUT2D eigenvalue weighted by atomic mass is 10.1. The summed E-state index contributed by atoms with van der Waals surface area (Å²) in [7, 11) is 1.75. The van der Waals surface area contributed by atoms with Crippen molar-refractivity contribution in [3.63, 3.8) is 0 Å². The molecule has 0 atom stereocenters. The van der Waals surface area contributed by atoms with E-state index in [0.717, 1.165) is 16.5 Å². The third kappa shape index (κ3) is 3.90. The summed E-state index contributed by atoms with van der Waals surface area (Å²) in [4.78, 5) is 28.0. The van der Waals surface area contributed by atoms with Gasteiger partial charge < -0.3 is 4.90 Å². The topological polar surface area (TPSA) is 76.8 Å². The van der Waals surface area contributed by atoms with Gasteiger partial charge >= 0.3 is 0 Å². The van der Waals surface area contributed by atoms with Gasteiger partial charge in [0.1, 0.15) is 5.82 Å². The van der Waals surface area contributed by atoms with Crippen LogP contribution in [0.3, 0.4) is 0 Å². The van der Waals surface area contributed by atoms with Crippen LogP contribution in [0.15, 0.2) is 79.3 Å². The molecular weight excluding hydrogens is 431 g/mol. The van der Waals surface area contributed by atoms with Crippen LogP contribution in [-0.4, -0.2) is 42.6 Å². The van der Waals surface area contributed by atoms with E-state index in [2.05, 4.69) is 20.1 Å². The average Bonchev–Trinajstić information content (AvgIpc) is 3.25. The van der Waals surface area contributed by atoms with Gasteiger partial charge in [0, 0.05) is 36.9 Å². The summed E-state index contributed by atoms with van der Waals surface area (Å²) in [5, 5.41) is 5.35. The van der Waals surface area contributed by atoms with Crippen molar-refractivity contribution in [2.75, 3.05) is 7.05 Å². The van der Waals surface area contributed by atoms with Crippen molar-refractivity contribution >= 4 is 16.8 Å². The van der Waals surface area contributed by atoms with E-state index in [1.54, 1.807) is 55.5 Å². The third-order valence-corrected chi connectivity index (χ3v) is 5.71. The Bertz CT molecular complexity index is 1510. The molecule has 2 aromatic carbocycles. The number of fused-ring (bicyclic) bond motifs is 1. The predicted octanol–water partition coefficient (Wildman–Crippen LogP) is 4.60. The van der Waals surface area contributed by atoms with Gasteiger partial charge in [0.15, 0.2) is 0 Å². The van der Waals surface area contributed by atoms with Gasteiger partial charge in [-0.2, -0.15) is 5.10 Å². The summed E-state index contributed by atoms with van der Waals surface area (Å²) in [6.07, 6.45) is 4.81. The molecule has 5 aromatic rings. The van der Waals surface area contributed by atoms with Gasteiger partial charge in [-0.1, -0.05) is 30.3 Å². The molecule has 0 aliphatic rings. The Morgan fingerprint density at radius 1 is 1.00 bits per heavy atom. The van der Waals surface area contributed by atoms with E-state index in [9.17, 15) is 9.18 Å². The molecule has 1 amide bonds. The van der Waals surface area contributed by atoms with Crippen LogP contribution in [0.1, 0.15) is 21.6 Å². The summed E-state index contributed by atoms with van der Waals surface area (Å²) in [6.45, 7) is 2.21. The Hall–Kier alpha value is -4.46. The summed E-state index contributed by atoms with van der Waals surface area (Å²) in [5.41, 5.74) is 3.75. The second kappa shape index (κ2) is 8.82. The molecule has 0 spiro atoms. The number of rotatable bonds is 5. The largest absolute Gasteiger partial charge is 0.337 e. The smallest absolute Gasteiger partial charge is 0.257 e. The molecular formula is C26H21FN6O. The van der Waals surface area contributed by atoms with E-state index in [4.69, 9.17) is 0 Å². The molecule has 8 heteroatoms. The van der Waals surface area contributed by atoms with Crippen LogP contribution in [0.25, 0.3) is 28.1 Å². The van der Waals surface area contributed by atoms with Crippen LogP contribution in [0.2, 0.25) is 0 Å². The first-order chi connectivity index (χ1) is 16.5. The molecule has 168 valence electrons. The fourth-order valence-corrected chi connectivity index (χ4v) is 3.93. The van der Waals surface area contributed by atoms with Crippen molar-refractivity contribution in [3.05, 3.63) is 102 Å². The van der Waals surface area contributed by atoms with Crippen molar-refractivity contribution in [2.24, 2.45) is 0 Å². The molecule has 0 radical (unpaired) electrons. The van der Waals surface area contributed by atoms with E-state index >= 15 is 0 Å². The number of pyridine rings is 1. The van der Waals surface area contributed by atoms with Crippen molar-refractivity contribution in [1.29, 1.82) is 0 Å². The van der Waals surface area contributed by atoms with Crippen LogP contribution in [-0.2, 0) is 6.54 Å². The lowest BCUT2D eigenvalue weighted by Gasteiger charge is -2.18. The number of halogens is 1. The summed E-state index contributed by atoms with van der Waals surface area (Å²) in [5.74, 6) is -0.277. The highest BCUT2D eigenvalue weighted by molar-refractivity contribution is 5.95. The Labute approximate surface area is 195 Å². The van der Waals surface area contributed by atoms with Gasteiger partial charge in [0.25, 0.3) is 11.9 Å². The van der Waals surface area contributed by atoms with Crippen LogP contribution in [0, 0.1) is 12.7 Å². The molecule has 0 aliphatic heterocycles. The lowest BCUT2D eigenvalue weighted by molar-refractivity contribution is 0.0785. The first-order valence-corrected chi connectivity index (χ1v) is 10.7. The normalized spacial score (nSPS) is 11.0. The maximum Gasteiger partial charge on any atom is 0.257 e. The summed E-state index contributed by atoms with van der Waals surface area (Å²) in [6, 6.07) is 17.8. The Morgan fingerprint density at radius 2 is 1.85 bits per heavy atom. The number of carbonyl (C=O) groups is 1. The zero-order valence-electron chi connectivity index (χ0n) is 18.7. The molecule has 0 saturated heterocycles. The molecule has 7 nitrogen and oxygen atoms in total. The third-order valence-electron chi connectivity index (χ3n) is 5.71. The van der Waals surface area contributed by atoms with Gasteiger partial charge in [0.05, 0.1) is 28.7 Å². The minimum absolute atomic E-state index is 0.171. The van der Waals surface area contributed by atoms with Gasteiger partial charge in [-0.15, -0.1) is 0 Å². The molecule has 34 heavy (non-hydrogen) atoms. The maximum absolute atomic E-state index is 14.2. The molecule has 0 N–H and O–H groups in total. The highest BCUT2D eigenvalue weighted by Crippen LogP contribution is 2.22. The lowest BCUT2D eigenvalue weighted by Crippen LogP contribution is -2.26. The average molecular weight is 452 g/mol. The van der Waals surface area contributed by atoms with Crippen LogP contribution < -0.4 is 0 Å². The monoisotopic (exact) mass is 452 g/mol. The molecule has 3 heterocycles. The van der Waals surface area contributed by atoms with E-state index < -0.39 is 0 Å². The van der Waals surface area contributed by atoms with Crippen molar-refractivity contribution in [1.82, 2.24) is 29.6 Å². The highest BCUT2D eigenvalue weighted by atomic mass is 19.1. The zero-order chi connectivity index (χ0) is 23.7. The van der Waals surface area contributed by atoms with E-state index in [0.29, 0.717) is 29.1 Å². The zero-order valence-corrected chi connectivity index (χ0v) is 18.7. The fraction of sp³-hybridized carbons (Fsp3) is 0.115. The fourth-order valence-electron chi connectivity index (χ4n) is 3.93. The van der Waals surface area contributed by atoms with Crippen molar-refractivity contribution < 1.29 is 9.18 Å². The number of nitrogens with zero attached hydrogens (tertiary/aromatic N) is 6. The number of aromatic nitrogens is 5. The maximum atomic E-state index is 14.2. The Balaban J connectivity index is 1.42. The van der Waals surface area contributed by atoms with Crippen LogP contribution in [0.5, 0.6) is 0 Å². The SMILES string of the molecule is Cc1c(C(=O)N(C)Cc2cccc3ncccc23)cnn1-c1nccc(-c2ccccc2F)n1. The number of carbonyl (C=O) groups excluding carboxylic acids is 1. The van der Waals surface area contributed by atoms with Crippen molar-refractivity contribution in [2.45, 2.75) is 13.5 Å². The molecule has 0 saturated carbocycles. The molecule has 5 rings (SSSR count). The predicted molar refractivity (Wildman–Crippen MR) is 127 cm³/mol. The minimum Gasteiger partial charge on any atom is -0.337 e. The van der Waals surface area contributed by atoms with Gasteiger partial charge in [-0.05, 0) is 42.8 Å². The number of benzene rings is 2. The van der Waals surface area contributed by atoms with Gasteiger partial charge in [-0.25, -0.2) is 19.0 Å². The molecule has 0 aliphatic carbocycles. The van der Waals surface area contributed by atoms with Gasteiger partial charge in [0.2, 0.25) is 0 Å². The van der Waals surface area contributed by atoms with Crippen molar-refractivity contribution in [3.8, 4) is 17.2 Å². The molecule has 3 aromatic heterocycles. The molecule has 0 unspecified atom stereocenters. The van der Waals surface area contributed by atoms with Gasteiger partial charge in [-0.3, -0.25) is 9.78 Å². The standard InChI is InChI=1S/C26H21FN6O/c1-17-21(25(34)32(2)16-18-7-5-11-23-19(18)9-6-13-28-23)15-30-33(17)26-29-14-12-24(31-26)20-8-3-4-10-22(20)27/h3-15H,16H2,1-2H3. The number of hydrogen-bond acceptors (Lipinski definition) is 5. The minimum atomic E-state index is -0.370. The number of amides is 1. The molecule has 0 bridgehead atoms. The number of hydrogen-bond donors (Lipinski definition) is 0. The Kier molecular flexibility index (Phi) is 5.55. The van der Waals surface area contributed by atoms with Crippen LogP contribution >= 0.6 is 0 Å². The van der Waals surface area contributed by atoms with Crippen LogP contribution in [0.4, 0.5) is 4.39 Å². The second-order valence-corrected chi connectivity index (χ2v) is 7.93. The summed E-state index contributed by atoms with van der Waals surface area (Å²) < 4.78 is 15.7. The van der Waals surface area contributed by atoms with E-state index in [1.165, 1.54) is 16.9 Å². The first-order valence-electron chi connectivity index (χ1n) is 10.7.